The molecule has 0 bridgehead atoms. The summed E-state index contributed by atoms with van der Waals surface area (Å²) in [6, 6.07) is 20.6. The number of nitrogen functional groups attached to an aromatic ring is 1. The second-order valence-corrected chi connectivity index (χ2v) is 7.02. The number of rotatable bonds is 4. The number of hydrogen-bond acceptors (Lipinski definition) is 3. The molecule has 3 aromatic carbocycles. The molecule has 0 unspecified atom stereocenters. The molecule has 0 fully saturated rings. The summed E-state index contributed by atoms with van der Waals surface area (Å²) < 4.78 is 21.6. The number of aryl methyl sites for hydroxylation is 1. The van der Waals surface area contributed by atoms with Crippen LogP contribution in [0.5, 0.6) is 5.75 Å². The van der Waals surface area contributed by atoms with Crippen molar-refractivity contribution in [2.24, 2.45) is 0 Å². The first-order chi connectivity index (χ1) is 14.0. The van der Waals surface area contributed by atoms with Gasteiger partial charge in [0, 0.05) is 16.8 Å². The van der Waals surface area contributed by atoms with E-state index in [1.807, 2.05) is 54.0 Å². The molecule has 4 aromatic rings. The molecule has 0 atom stereocenters. The highest BCUT2D eigenvalue weighted by Crippen LogP contribution is 2.35. The molecule has 1 heterocycles. The highest BCUT2D eigenvalue weighted by atomic mass is 35.5. The maximum Gasteiger partial charge on any atom is 0.143 e. The van der Waals surface area contributed by atoms with Gasteiger partial charge in [0.15, 0.2) is 0 Å². The topological polar surface area (TPSA) is 64.0 Å². The first-order valence-corrected chi connectivity index (χ1v) is 9.27. The van der Waals surface area contributed by atoms with Crippen LogP contribution in [0, 0.1) is 31.0 Å². The number of nitrogens with zero attached hydrogens (tertiary/aromatic N) is 2. The maximum atomic E-state index is 13.7. The summed E-state index contributed by atoms with van der Waals surface area (Å²) in [6.07, 6.45) is 0. The molecular formula is C24H21ClFN3O. The fourth-order valence-corrected chi connectivity index (χ4v) is 3.56. The Morgan fingerprint density at radius 1 is 1.07 bits per heavy atom. The number of hydrogen-bond donors (Lipinski definition) is 1. The van der Waals surface area contributed by atoms with E-state index in [9.17, 15) is 9.65 Å². The lowest BCUT2D eigenvalue weighted by molar-refractivity contribution is 0.308. The number of ether oxygens (including phenoxy) is 1. The third-order valence-corrected chi connectivity index (χ3v) is 5.08. The van der Waals surface area contributed by atoms with Crippen LogP contribution >= 0.6 is 12.4 Å². The fourth-order valence-electron chi connectivity index (χ4n) is 3.56. The fraction of sp³-hybridized carbons (Fsp3) is 0.125. The van der Waals surface area contributed by atoms with Crippen LogP contribution < -0.4 is 10.5 Å². The van der Waals surface area contributed by atoms with Gasteiger partial charge in [0.25, 0.3) is 0 Å². The number of anilines is 1. The Labute approximate surface area is 180 Å². The Morgan fingerprint density at radius 2 is 1.80 bits per heavy atom. The van der Waals surface area contributed by atoms with Gasteiger partial charge in [-0.3, -0.25) is 0 Å². The minimum absolute atomic E-state index is 0. The Kier molecular flexibility index (Phi) is 6.00. The second-order valence-electron chi connectivity index (χ2n) is 7.02. The Hall–Kier alpha value is -3.49. The average Bonchev–Trinajstić information content (AvgIpc) is 2.99. The van der Waals surface area contributed by atoms with Crippen molar-refractivity contribution in [1.29, 1.82) is 5.26 Å². The van der Waals surface area contributed by atoms with Gasteiger partial charge in [0.1, 0.15) is 24.2 Å². The summed E-state index contributed by atoms with van der Waals surface area (Å²) in [5.74, 6) is 0.268. The zero-order valence-corrected chi connectivity index (χ0v) is 17.5. The van der Waals surface area contributed by atoms with E-state index in [1.54, 1.807) is 19.1 Å². The summed E-state index contributed by atoms with van der Waals surface area (Å²) in [4.78, 5) is 0. The normalized spacial score (nSPS) is 10.5. The monoisotopic (exact) mass is 421 g/mol. The van der Waals surface area contributed by atoms with Crippen molar-refractivity contribution in [3.63, 3.8) is 0 Å². The van der Waals surface area contributed by atoms with Crippen molar-refractivity contribution in [2.45, 2.75) is 20.5 Å². The lowest BCUT2D eigenvalue weighted by Crippen LogP contribution is -2.01. The van der Waals surface area contributed by atoms with Gasteiger partial charge in [-0.15, -0.1) is 12.4 Å². The van der Waals surface area contributed by atoms with Gasteiger partial charge < -0.3 is 15.0 Å². The number of aromatic nitrogens is 1. The minimum atomic E-state index is -0.264. The van der Waals surface area contributed by atoms with Crippen molar-refractivity contribution in [3.05, 3.63) is 88.9 Å². The Bertz CT molecular complexity index is 1260. The predicted molar refractivity (Wildman–Crippen MR) is 120 cm³/mol. The van der Waals surface area contributed by atoms with Crippen LogP contribution in [0.1, 0.15) is 22.4 Å². The molecule has 4 nitrogen and oxygen atoms in total. The zero-order chi connectivity index (χ0) is 20.5. The number of nitriles is 1. The quantitative estimate of drug-likeness (QED) is 0.421. The van der Waals surface area contributed by atoms with E-state index in [0.29, 0.717) is 29.2 Å². The van der Waals surface area contributed by atoms with Gasteiger partial charge in [0.05, 0.1) is 16.8 Å². The second kappa shape index (κ2) is 8.48. The van der Waals surface area contributed by atoms with E-state index in [1.165, 1.54) is 6.07 Å². The van der Waals surface area contributed by atoms with E-state index in [2.05, 4.69) is 6.07 Å². The number of fused-ring (bicyclic) bond motifs is 1. The zero-order valence-electron chi connectivity index (χ0n) is 16.6. The lowest BCUT2D eigenvalue weighted by Gasteiger charge is -2.12. The molecule has 0 saturated heterocycles. The van der Waals surface area contributed by atoms with Crippen molar-refractivity contribution in [1.82, 2.24) is 4.57 Å². The van der Waals surface area contributed by atoms with Crippen LogP contribution in [-0.2, 0) is 6.61 Å². The molecule has 0 radical (unpaired) electrons. The molecule has 30 heavy (non-hydrogen) atoms. The van der Waals surface area contributed by atoms with Crippen molar-refractivity contribution in [3.8, 4) is 17.5 Å². The first-order valence-electron chi connectivity index (χ1n) is 9.27. The minimum Gasteiger partial charge on any atom is -0.487 e. The summed E-state index contributed by atoms with van der Waals surface area (Å²) >= 11 is 0. The van der Waals surface area contributed by atoms with E-state index in [-0.39, 0.29) is 18.2 Å². The van der Waals surface area contributed by atoms with E-state index in [0.717, 1.165) is 27.8 Å². The average molecular weight is 422 g/mol. The highest BCUT2D eigenvalue weighted by Gasteiger charge is 2.18. The van der Waals surface area contributed by atoms with Crippen LogP contribution in [0.25, 0.3) is 16.6 Å². The number of nitrogens with two attached hydrogens (primary N) is 1. The number of halogens is 2. The van der Waals surface area contributed by atoms with Gasteiger partial charge in [-0.25, -0.2) is 4.39 Å². The Balaban J connectivity index is 0.00000256. The molecule has 6 heteroatoms. The van der Waals surface area contributed by atoms with Crippen LogP contribution in [-0.4, -0.2) is 4.57 Å². The third kappa shape index (κ3) is 3.70. The van der Waals surface area contributed by atoms with E-state index in [4.69, 9.17) is 10.5 Å². The van der Waals surface area contributed by atoms with E-state index >= 15 is 0 Å². The summed E-state index contributed by atoms with van der Waals surface area (Å²) in [5, 5.41) is 10.5. The number of benzene rings is 3. The maximum absolute atomic E-state index is 13.7. The summed E-state index contributed by atoms with van der Waals surface area (Å²) in [6.45, 7) is 3.97. The molecule has 0 aliphatic rings. The molecule has 2 N–H and O–H groups in total. The molecule has 1 aromatic heterocycles. The molecule has 0 spiro atoms. The first kappa shape index (κ1) is 21.2. The van der Waals surface area contributed by atoms with Crippen molar-refractivity contribution < 1.29 is 9.13 Å². The lowest BCUT2D eigenvalue weighted by atomic mass is 10.1. The van der Waals surface area contributed by atoms with Gasteiger partial charge in [0.2, 0.25) is 0 Å². The molecule has 152 valence electrons. The highest BCUT2D eigenvalue weighted by molar-refractivity contribution is 5.93. The Morgan fingerprint density at radius 3 is 2.47 bits per heavy atom. The summed E-state index contributed by atoms with van der Waals surface area (Å²) in [5.41, 5.74) is 11.2. The standard InChI is InChI=1S/C24H20FN3O.ClH/c1-15-10-18(8-9-21(15)25)28-16(2)20(13-26)19-11-24(22(27)12-23(19)28)29-14-17-6-4-3-5-7-17;/h3-12H,14,27H2,1-2H3;1H. The molecule has 0 saturated carbocycles. The molecule has 4 rings (SSSR count). The van der Waals surface area contributed by atoms with Gasteiger partial charge in [-0.1, -0.05) is 30.3 Å². The van der Waals surface area contributed by atoms with Crippen molar-refractivity contribution in [2.75, 3.05) is 5.73 Å². The van der Waals surface area contributed by atoms with E-state index < -0.39 is 0 Å². The molecular weight excluding hydrogens is 401 g/mol. The van der Waals surface area contributed by atoms with Crippen LogP contribution in [0.15, 0.2) is 60.7 Å². The van der Waals surface area contributed by atoms with Crippen molar-refractivity contribution >= 4 is 29.0 Å². The van der Waals surface area contributed by atoms with Gasteiger partial charge >= 0.3 is 0 Å². The molecule has 0 aliphatic heterocycles. The third-order valence-electron chi connectivity index (χ3n) is 5.08. The van der Waals surface area contributed by atoms with Gasteiger partial charge in [-0.05, 0) is 55.3 Å². The van der Waals surface area contributed by atoms with Crippen LogP contribution in [0.4, 0.5) is 10.1 Å². The largest absolute Gasteiger partial charge is 0.487 e. The van der Waals surface area contributed by atoms with Crippen LogP contribution in [0.2, 0.25) is 0 Å². The predicted octanol–water partition coefficient (Wildman–Crippen LogP) is 5.84. The summed E-state index contributed by atoms with van der Waals surface area (Å²) in [7, 11) is 0. The SMILES string of the molecule is Cc1cc(-n2c(C)c(C#N)c3cc(OCc4ccccc4)c(N)cc32)ccc1F.Cl. The van der Waals surface area contributed by atoms with Crippen LogP contribution in [0.3, 0.4) is 0 Å². The molecule has 0 aliphatic carbocycles. The van der Waals surface area contributed by atoms with Gasteiger partial charge in [-0.2, -0.15) is 5.26 Å². The smallest absolute Gasteiger partial charge is 0.143 e. The molecule has 0 amide bonds.